The molecule has 7 heteroatoms. The Balaban J connectivity index is 2.39. The van der Waals surface area contributed by atoms with Crippen molar-refractivity contribution in [3.63, 3.8) is 0 Å². The molecule has 0 saturated heterocycles. The predicted octanol–water partition coefficient (Wildman–Crippen LogP) is 4.37. The number of nitrogens with one attached hydrogen (secondary N) is 1. The van der Waals surface area contributed by atoms with Crippen LogP contribution in [0.2, 0.25) is 5.02 Å². The van der Waals surface area contributed by atoms with E-state index in [0.717, 1.165) is 9.99 Å². The van der Waals surface area contributed by atoms with Crippen LogP contribution in [0.15, 0.2) is 34.9 Å². The Bertz CT molecular complexity index is 922. The van der Waals surface area contributed by atoms with Crippen molar-refractivity contribution in [2.45, 2.75) is 0 Å². The summed E-state index contributed by atoms with van der Waals surface area (Å²) < 4.78 is 3.03. The van der Waals surface area contributed by atoms with Crippen molar-refractivity contribution < 1.29 is 0 Å². The largest absolute Gasteiger partial charge is 0.329 e. The number of aromatic nitrogens is 3. The van der Waals surface area contributed by atoms with E-state index in [9.17, 15) is 5.26 Å². The lowest BCUT2D eigenvalue weighted by Gasteiger charge is -2.06. The fourth-order valence-corrected chi connectivity index (χ4v) is 2.80. The van der Waals surface area contributed by atoms with E-state index in [1.807, 2.05) is 12.1 Å². The van der Waals surface area contributed by atoms with Gasteiger partial charge in [-0.2, -0.15) is 5.26 Å². The van der Waals surface area contributed by atoms with Gasteiger partial charge >= 0.3 is 0 Å². The Kier molecular flexibility index (Phi) is 3.34. The lowest BCUT2D eigenvalue weighted by atomic mass is 10.2. The number of fused-ring (bicyclic) bond motifs is 1. The Labute approximate surface area is 132 Å². The van der Waals surface area contributed by atoms with Crippen molar-refractivity contribution in [2.75, 3.05) is 0 Å². The molecule has 98 valence electrons. The number of rotatable bonds is 1. The van der Waals surface area contributed by atoms with Crippen LogP contribution in [0.5, 0.6) is 0 Å². The fourth-order valence-electron chi connectivity index (χ4n) is 1.99. The van der Waals surface area contributed by atoms with Gasteiger partial charge in [0.05, 0.1) is 21.8 Å². The standard InChI is InChI=1S/C13H6BrClN4S/c14-8-1-2-11(7(3-8)5-16)19-12-10(18-13(19)20)4-9(15)6-17-12/h1-4,6H,(H,18,20). The van der Waals surface area contributed by atoms with Crippen LogP contribution < -0.4 is 0 Å². The van der Waals surface area contributed by atoms with E-state index in [4.69, 9.17) is 23.8 Å². The van der Waals surface area contributed by atoms with E-state index < -0.39 is 0 Å². The predicted molar refractivity (Wildman–Crippen MR) is 83.7 cm³/mol. The molecule has 0 saturated carbocycles. The van der Waals surface area contributed by atoms with E-state index in [-0.39, 0.29) is 0 Å². The van der Waals surface area contributed by atoms with E-state index in [1.54, 1.807) is 22.9 Å². The van der Waals surface area contributed by atoms with Crippen molar-refractivity contribution in [1.29, 1.82) is 5.26 Å². The number of hydrogen-bond donors (Lipinski definition) is 1. The van der Waals surface area contributed by atoms with Crippen LogP contribution in [0.3, 0.4) is 0 Å². The van der Waals surface area contributed by atoms with Gasteiger partial charge in [0, 0.05) is 10.7 Å². The Hall–Kier alpha value is -1.68. The van der Waals surface area contributed by atoms with E-state index >= 15 is 0 Å². The van der Waals surface area contributed by atoms with Crippen molar-refractivity contribution >= 4 is 50.9 Å². The number of H-pyrrole nitrogens is 1. The zero-order valence-electron chi connectivity index (χ0n) is 9.89. The first-order valence-electron chi connectivity index (χ1n) is 5.56. The first-order chi connectivity index (χ1) is 9.60. The summed E-state index contributed by atoms with van der Waals surface area (Å²) >= 11 is 14.6. The maximum atomic E-state index is 9.28. The van der Waals surface area contributed by atoms with Gasteiger partial charge in [-0.15, -0.1) is 0 Å². The third-order valence-electron chi connectivity index (χ3n) is 2.81. The lowest BCUT2D eigenvalue weighted by molar-refractivity contribution is 1.04. The molecule has 0 amide bonds. The van der Waals surface area contributed by atoms with Crippen LogP contribution in [-0.4, -0.2) is 14.5 Å². The van der Waals surface area contributed by atoms with Crippen LogP contribution in [-0.2, 0) is 0 Å². The molecule has 0 aliphatic heterocycles. The van der Waals surface area contributed by atoms with E-state index in [0.29, 0.717) is 26.7 Å². The fraction of sp³-hybridized carbons (Fsp3) is 0. The summed E-state index contributed by atoms with van der Waals surface area (Å²) in [5.41, 5.74) is 2.56. The molecule has 0 aliphatic rings. The van der Waals surface area contributed by atoms with Crippen LogP contribution in [0.1, 0.15) is 5.56 Å². The summed E-state index contributed by atoms with van der Waals surface area (Å²) in [6, 6.07) is 9.33. The smallest absolute Gasteiger partial charge is 0.184 e. The molecule has 3 rings (SSSR count). The number of halogens is 2. The van der Waals surface area contributed by atoms with Gasteiger partial charge in [0.2, 0.25) is 0 Å². The van der Waals surface area contributed by atoms with Crippen molar-refractivity contribution in [1.82, 2.24) is 14.5 Å². The molecule has 0 radical (unpaired) electrons. The van der Waals surface area contributed by atoms with Crippen LogP contribution in [0.25, 0.3) is 16.9 Å². The molecule has 2 heterocycles. The SMILES string of the molecule is N#Cc1cc(Br)ccc1-n1c(=S)[nH]c2cc(Cl)cnc21. The molecule has 4 nitrogen and oxygen atoms in total. The molecule has 1 aromatic carbocycles. The second-order valence-electron chi connectivity index (χ2n) is 4.06. The number of nitriles is 1. The van der Waals surface area contributed by atoms with Crippen molar-refractivity contribution in [2.24, 2.45) is 0 Å². The summed E-state index contributed by atoms with van der Waals surface area (Å²) in [7, 11) is 0. The molecule has 2 aromatic heterocycles. The molecule has 0 bridgehead atoms. The number of pyridine rings is 1. The minimum atomic E-state index is 0.466. The maximum absolute atomic E-state index is 9.28. The highest BCUT2D eigenvalue weighted by Gasteiger charge is 2.12. The molecule has 0 atom stereocenters. The van der Waals surface area contributed by atoms with Gasteiger partial charge in [0.25, 0.3) is 0 Å². The van der Waals surface area contributed by atoms with E-state index in [1.165, 1.54) is 0 Å². The second kappa shape index (κ2) is 5.02. The van der Waals surface area contributed by atoms with Gasteiger partial charge in [-0.1, -0.05) is 27.5 Å². The molecule has 0 spiro atoms. The summed E-state index contributed by atoms with van der Waals surface area (Å²) in [6.45, 7) is 0. The molecular weight excluding hydrogens is 360 g/mol. The lowest BCUT2D eigenvalue weighted by Crippen LogP contribution is -1.98. The number of benzene rings is 1. The first-order valence-corrected chi connectivity index (χ1v) is 7.14. The quantitative estimate of drug-likeness (QED) is 0.651. The Morgan fingerprint density at radius 2 is 2.20 bits per heavy atom. The number of imidazole rings is 1. The van der Waals surface area contributed by atoms with Crippen LogP contribution >= 0.6 is 39.7 Å². The van der Waals surface area contributed by atoms with Crippen molar-refractivity contribution in [3.8, 4) is 11.8 Å². The highest BCUT2D eigenvalue weighted by molar-refractivity contribution is 9.10. The average Bonchev–Trinajstić information content (AvgIpc) is 2.73. The monoisotopic (exact) mass is 364 g/mol. The highest BCUT2D eigenvalue weighted by atomic mass is 79.9. The maximum Gasteiger partial charge on any atom is 0.184 e. The molecule has 1 N–H and O–H groups in total. The summed E-state index contributed by atoms with van der Waals surface area (Å²) in [5.74, 6) is 0. The molecule has 0 unspecified atom stereocenters. The third kappa shape index (κ3) is 2.14. The Morgan fingerprint density at radius 1 is 1.40 bits per heavy atom. The van der Waals surface area contributed by atoms with Gasteiger partial charge < -0.3 is 4.98 Å². The summed E-state index contributed by atoms with van der Waals surface area (Å²) in [6.07, 6.45) is 1.55. The zero-order chi connectivity index (χ0) is 14.3. The van der Waals surface area contributed by atoms with Gasteiger partial charge in [0.15, 0.2) is 10.4 Å². The molecular formula is C13H6BrClN4S. The number of nitrogens with zero attached hydrogens (tertiary/aromatic N) is 3. The van der Waals surface area contributed by atoms with Crippen LogP contribution in [0, 0.1) is 16.1 Å². The van der Waals surface area contributed by atoms with Gasteiger partial charge in [-0.05, 0) is 36.5 Å². The topological polar surface area (TPSA) is 57.4 Å². The molecule has 20 heavy (non-hydrogen) atoms. The van der Waals surface area contributed by atoms with Crippen molar-refractivity contribution in [3.05, 3.63) is 50.3 Å². The Morgan fingerprint density at radius 3 is 2.95 bits per heavy atom. The summed E-state index contributed by atoms with van der Waals surface area (Å²) in [4.78, 5) is 7.33. The first kappa shape index (κ1) is 13.3. The molecule has 3 aromatic rings. The second-order valence-corrected chi connectivity index (χ2v) is 5.80. The zero-order valence-corrected chi connectivity index (χ0v) is 13.1. The van der Waals surface area contributed by atoms with Crippen LogP contribution in [0.4, 0.5) is 0 Å². The van der Waals surface area contributed by atoms with Gasteiger partial charge in [0.1, 0.15) is 6.07 Å². The normalized spacial score (nSPS) is 10.7. The number of hydrogen-bond acceptors (Lipinski definition) is 3. The molecule has 0 fully saturated rings. The molecule has 0 aliphatic carbocycles. The van der Waals surface area contributed by atoms with Gasteiger partial charge in [-0.3, -0.25) is 4.57 Å². The van der Waals surface area contributed by atoms with Gasteiger partial charge in [-0.25, -0.2) is 4.98 Å². The minimum Gasteiger partial charge on any atom is -0.329 e. The third-order valence-corrected chi connectivity index (χ3v) is 3.79. The number of aromatic amines is 1. The summed E-state index contributed by atoms with van der Waals surface area (Å²) in [5, 5.41) is 9.80. The highest BCUT2D eigenvalue weighted by Crippen LogP contribution is 2.24. The van der Waals surface area contributed by atoms with E-state index in [2.05, 4.69) is 32.0 Å². The average molecular weight is 366 g/mol. The minimum absolute atomic E-state index is 0.466.